The predicted molar refractivity (Wildman–Crippen MR) is 69.5 cm³/mol. The number of imide groups is 1. The molecule has 1 aliphatic heterocycles. The molecule has 1 aliphatic rings. The van der Waals surface area contributed by atoms with E-state index < -0.39 is 6.03 Å². The van der Waals surface area contributed by atoms with E-state index in [0.29, 0.717) is 17.7 Å². The first-order valence-electron chi connectivity index (χ1n) is 5.77. The van der Waals surface area contributed by atoms with Crippen molar-refractivity contribution in [1.29, 1.82) is 0 Å². The van der Waals surface area contributed by atoms with E-state index in [1.807, 2.05) is 6.07 Å². The smallest absolute Gasteiger partial charge is 0.328 e. The predicted octanol–water partition coefficient (Wildman–Crippen LogP) is 0.658. The van der Waals surface area contributed by atoms with Gasteiger partial charge < -0.3 is 5.73 Å². The lowest BCUT2D eigenvalue weighted by Gasteiger charge is -2.26. The number of amides is 3. The highest BCUT2D eigenvalue weighted by Crippen LogP contribution is 2.22. The lowest BCUT2D eigenvalue weighted by molar-refractivity contribution is -0.120. The third kappa shape index (κ3) is 2.05. The lowest BCUT2D eigenvalue weighted by atomic mass is 10.2. The fraction of sp³-hybridized carbons (Fsp3) is 0.167. The van der Waals surface area contributed by atoms with Gasteiger partial charge in [0.05, 0.1) is 5.52 Å². The number of aromatic nitrogens is 2. The van der Waals surface area contributed by atoms with Crippen LogP contribution in [0.15, 0.2) is 24.4 Å². The molecule has 1 aromatic heterocycles. The van der Waals surface area contributed by atoms with Gasteiger partial charge in [0.25, 0.3) is 0 Å². The fourth-order valence-electron chi connectivity index (χ4n) is 2.00. The first-order valence-corrected chi connectivity index (χ1v) is 5.77. The molecule has 0 bridgehead atoms. The van der Waals surface area contributed by atoms with Crippen LogP contribution in [-0.2, 0) is 4.79 Å². The number of nitrogens with two attached hydrogens (primary N) is 1. The van der Waals surface area contributed by atoms with Gasteiger partial charge in [0.15, 0.2) is 0 Å². The number of benzene rings is 1. The molecule has 1 saturated heterocycles. The molecule has 7 heteroatoms. The summed E-state index contributed by atoms with van der Waals surface area (Å²) in [7, 11) is 0. The summed E-state index contributed by atoms with van der Waals surface area (Å²) >= 11 is 0. The minimum atomic E-state index is -0.419. The third-order valence-electron chi connectivity index (χ3n) is 2.95. The summed E-state index contributed by atoms with van der Waals surface area (Å²) in [4.78, 5) is 32.4. The van der Waals surface area contributed by atoms with Crippen LogP contribution in [0, 0.1) is 0 Å². The molecular formula is C12H11N5O2. The van der Waals surface area contributed by atoms with E-state index in [9.17, 15) is 9.59 Å². The summed E-state index contributed by atoms with van der Waals surface area (Å²) in [6.07, 6.45) is 1.91. The van der Waals surface area contributed by atoms with E-state index in [-0.39, 0.29) is 18.3 Å². The fourth-order valence-corrected chi connectivity index (χ4v) is 2.00. The Kier molecular flexibility index (Phi) is 2.52. The van der Waals surface area contributed by atoms with Gasteiger partial charge in [-0.15, -0.1) is 0 Å². The van der Waals surface area contributed by atoms with Crippen molar-refractivity contribution >= 4 is 34.5 Å². The van der Waals surface area contributed by atoms with E-state index >= 15 is 0 Å². The normalized spacial score (nSPS) is 15.7. The van der Waals surface area contributed by atoms with E-state index in [0.717, 1.165) is 5.39 Å². The zero-order chi connectivity index (χ0) is 13.4. The highest BCUT2D eigenvalue weighted by atomic mass is 16.2. The lowest BCUT2D eigenvalue weighted by Crippen LogP contribution is -2.49. The summed E-state index contributed by atoms with van der Waals surface area (Å²) in [5.41, 5.74) is 6.88. The first-order chi connectivity index (χ1) is 9.13. The SMILES string of the molecule is Nc1ncc2ccc(N3CCC(=O)NC3=O)cc2n1. The van der Waals surface area contributed by atoms with Crippen LogP contribution in [0.4, 0.5) is 16.4 Å². The van der Waals surface area contributed by atoms with Crippen LogP contribution in [0.1, 0.15) is 6.42 Å². The Morgan fingerprint density at radius 1 is 1.32 bits per heavy atom. The summed E-state index contributed by atoms with van der Waals surface area (Å²) in [6.45, 7) is 0.358. The molecule has 0 saturated carbocycles. The van der Waals surface area contributed by atoms with Crippen LogP contribution in [0.2, 0.25) is 0 Å². The molecule has 19 heavy (non-hydrogen) atoms. The molecule has 7 nitrogen and oxygen atoms in total. The Labute approximate surface area is 108 Å². The van der Waals surface area contributed by atoms with E-state index in [1.54, 1.807) is 18.3 Å². The van der Waals surface area contributed by atoms with Crippen LogP contribution in [0.5, 0.6) is 0 Å². The Balaban J connectivity index is 2.01. The molecule has 3 N–H and O–H groups in total. The van der Waals surface area contributed by atoms with Gasteiger partial charge in [-0.25, -0.2) is 14.8 Å². The molecule has 2 aromatic rings. The molecule has 0 aliphatic carbocycles. The summed E-state index contributed by atoms with van der Waals surface area (Å²) in [5.74, 6) is -0.0727. The molecule has 0 atom stereocenters. The number of nitrogens with zero attached hydrogens (tertiary/aromatic N) is 3. The van der Waals surface area contributed by atoms with Gasteiger partial charge in [0.1, 0.15) is 0 Å². The molecule has 0 unspecified atom stereocenters. The van der Waals surface area contributed by atoms with Crippen LogP contribution < -0.4 is 16.0 Å². The van der Waals surface area contributed by atoms with Gasteiger partial charge in [-0.3, -0.25) is 15.0 Å². The number of carbonyl (C=O) groups excluding carboxylic acids is 2. The monoisotopic (exact) mass is 257 g/mol. The standard InChI is InChI=1S/C12H11N5O2/c13-11-14-6-7-1-2-8(5-9(7)15-11)17-4-3-10(18)16-12(17)19/h1-2,5-6H,3-4H2,(H2,13,14,15)(H,16,18,19). The minimum Gasteiger partial charge on any atom is -0.368 e. The number of nitrogen functional groups attached to an aromatic ring is 1. The molecule has 2 heterocycles. The Morgan fingerprint density at radius 3 is 2.95 bits per heavy atom. The summed E-state index contributed by atoms with van der Waals surface area (Å²) < 4.78 is 0. The number of fused-ring (bicyclic) bond motifs is 1. The maximum Gasteiger partial charge on any atom is 0.328 e. The topological polar surface area (TPSA) is 101 Å². The summed E-state index contributed by atoms with van der Waals surface area (Å²) in [6, 6.07) is 4.94. The quantitative estimate of drug-likeness (QED) is 0.781. The van der Waals surface area contributed by atoms with Gasteiger partial charge in [-0.05, 0) is 18.2 Å². The number of hydrogen-bond donors (Lipinski definition) is 2. The summed E-state index contributed by atoms with van der Waals surface area (Å²) in [5, 5.41) is 3.12. The van der Waals surface area contributed by atoms with Crippen molar-refractivity contribution in [2.24, 2.45) is 0 Å². The largest absolute Gasteiger partial charge is 0.368 e. The number of rotatable bonds is 1. The molecule has 96 valence electrons. The van der Waals surface area contributed by atoms with Crippen molar-refractivity contribution in [2.45, 2.75) is 6.42 Å². The van der Waals surface area contributed by atoms with Crippen molar-refractivity contribution in [1.82, 2.24) is 15.3 Å². The number of urea groups is 1. The van der Waals surface area contributed by atoms with Crippen molar-refractivity contribution in [2.75, 3.05) is 17.2 Å². The minimum absolute atomic E-state index is 0.183. The second-order valence-corrected chi connectivity index (χ2v) is 4.23. The molecule has 3 amide bonds. The third-order valence-corrected chi connectivity index (χ3v) is 2.95. The van der Waals surface area contributed by atoms with Gasteiger partial charge >= 0.3 is 6.03 Å². The van der Waals surface area contributed by atoms with Crippen molar-refractivity contribution in [3.05, 3.63) is 24.4 Å². The van der Waals surface area contributed by atoms with Crippen LogP contribution >= 0.6 is 0 Å². The Bertz CT molecular complexity index is 685. The molecule has 0 spiro atoms. The van der Waals surface area contributed by atoms with Crippen LogP contribution in [-0.4, -0.2) is 28.5 Å². The molecular weight excluding hydrogens is 246 g/mol. The second-order valence-electron chi connectivity index (χ2n) is 4.23. The average Bonchev–Trinajstić information content (AvgIpc) is 2.38. The Hall–Kier alpha value is -2.70. The number of nitrogens with one attached hydrogen (secondary N) is 1. The van der Waals surface area contributed by atoms with Crippen molar-refractivity contribution in [3.63, 3.8) is 0 Å². The van der Waals surface area contributed by atoms with Crippen LogP contribution in [0.25, 0.3) is 10.9 Å². The maximum atomic E-state index is 11.7. The number of anilines is 2. The average molecular weight is 257 g/mol. The van der Waals surface area contributed by atoms with Gasteiger partial charge in [-0.2, -0.15) is 0 Å². The molecule has 3 rings (SSSR count). The Morgan fingerprint density at radius 2 is 2.16 bits per heavy atom. The van der Waals surface area contributed by atoms with Gasteiger partial charge in [0.2, 0.25) is 11.9 Å². The number of carbonyl (C=O) groups is 2. The number of hydrogen-bond acceptors (Lipinski definition) is 5. The highest BCUT2D eigenvalue weighted by molar-refractivity contribution is 6.06. The van der Waals surface area contributed by atoms with E-state index in [2.05, 4.69) is 15.3 Å². The second kappa shape index (κ2) is 4.20. The van der Waals surface area contributed by atoms with Crippen molar-refractivity contribution < 1.29 is 9.59 Å². The van der Waals surface area contributed by atoms with Gasteiger partial charge in [0, 0.05) is 30.2 Å². The molecule has 1 fully saturated rings. The van der Waals surface area contributed by atoms with E-state index in [1.165, 1.54) is 4.90 Å². The van der Waals surface area contributed by atoms with Crippen LogP contribution in [0.3, 0.4) is 0 Å². The maximum absolute atomic E-state index is 11.7. The zero-order valence-electron chi connectivity index (χ0n) is 9.96. The highest BCUT2D eigenvalue weighted by Gasteiger charge is 2.24. The van der Waals surface area contributed by atoms with Crippen molar-refractivity contribution in [3.8, 4) is 0 Å². The first kappa shape index (κ1) is 11.4. The molecule has 1 aromatic carbocycles. The van der Waals surface area contributed by atoms with Gasteiger partial charge in [-0.1, -0.05) is 0 Å². The van der Waals surface area contributed by atoms with E-state index in [4.69, 9.17) is 5.73 Å². The molecule has 0 radical (unpaired) electrons. The zero-order valence-corrected chi connectivity index (χ0v) is 9.96.